The lowest BCUT2D eigenvalue weighted by Crippen LogP contribution is -2.56. The molecule has 4 aliphatic carbocycles. The van der Waals surface area contributed by atoms with Crippen LogP contribution in [0.2, 0.25) is 0 Å². The molecule has 4 bridgehead atoms. The molecule has 30 heavy (non-hydrogen) atoms. The Bertz CT molecular complexity index is 972. The molecule has 1 aromatic heterocycles. The number of aryl methyl sites for hydroxylation is 1. The van der Waals surface area contributed by atoms with Crippen LogP contribution >= 0.6 is 0 Å². The van der Waals surface area contributed by atoms with E-state index in [0.29, 0.717) is 6.54 Å². The van der Waals surface area contributed by atoms with Gasteiger partial charge >= 0.3 is 0 Å². The van der Waals surface area contributed by atoms with Crippen LogP contribution in [-0.4, -0.2) is 16.5 Å². The van der Waals surface area contributed by atoms with Gasteiger partial charge < -0.3 is 9.88 Å². The largest absolute Gasteiger partial charge is 0.349 e. The summed E-state index contributed by atoms with van der Waals surface area (Å²) in [4.78, 5) is 26.0. The van der Waals surface area contributed by atoms with Crippen LogP contribution < -0.4 is 10.7 Å². The second kappa shape index (κ2) is 7.40. The molecule has 0 unspecified atom stereocenters. The maximum atomic E-state index is 13.2. The molecule has 4 fully saturated rings. The first-order valence-corrected chi connectivity index (χ1v) is 11.6. The zero-order valence-electron chi connectivity index (χ0n) is 18.1. The molecule has 158 valence electrons. The Morgan fingerprint density at radius 3 is 2.27 bits per heavy atom. The fourth-order valence-corrected chi connectivity index (χ4v) is 7.00. The number of pyridine rings is 1. The third kappa shape index (κ3) is 3.30. The Hall–Kier alpha value is -2.36. The molecule has 0 radical (unpaired) electrons. The molecule has 6 rings (SSSR count). The average Bonchev–Trinajstić information content (AvgIpc) is 2.73. The van der Waals surface area contributed by atoms with Gasteiger partial charge in [0.2, 0.25) is 0 Å². The highest BCUT2D eigenvalue weighted by Gasteiger charge is 2.53. The molecule has 1 amide bonds. The molecule has 1 aromatic carbocycles. The minimum atomic E-state index is -0.218. The van der Waals surface area contributed by atoms with Crippen LogP contribution in [0.4, 0.5) is 0 Å². The van der Waals surface area contributed by atoms with Crippen LogP contribution in [0.5, 0.6) is 0 Å². The molecule has 1 atom stereocenters. The number of hydrogen-bond acceptors (Lipinski definition) is 2. The fourth-order valence-electron chi connectivity index (χ4n) is 7.00. The van der Waals surface area contributed by atoms with Crippen molar-refractivity contribution >= 4 is 5.91 Å². The third-order valence-corrected chi connectivity index (χ3v) is 8.13. The van der Waals surface area contributed by atoms with Gasteiger partial charge in [0, 0.05) is 24.8 Å². The molecule has 0 spiro atoms. The number of nitrogens with zero attached hydrogens (tertiary/aromatic N) is 1. The first kappa shape index (κ1) is 19.6. The van der Waals surface area contributed by atoms with Gasteiger partial charge in [-0.25, -0.2) is 0 Å². The van der Waals surface area contributed by atoms with Crippen LogP contribution in [-0.2, 0) is 6.54 Å². The van der Waals surface area contributed by atoms with Crippen molar-refractivity contribution in [3.05, 3.63) is 58.4 Å². The van der Waals surface area contributed by atoms with Crippen LogP contribution in [0.25, 0.3) is 11.3 Å². The van der Waals surface area contributed by atoms with Crippen LogP contribution in [0.3, 0.4) is 0 Å². The van der Waals surface area contributed by atoms with Gasteiger partial charge in [0.15, 0.2) is 5.43 Å². The highest BCUT2D eigenvalue weighted by Crippen LogP contribution is 2.61. The van der Waals surface area contributed by atoms with Crippen molar-refractivity contribution in [2.75, 3.05) is 0 Å². The number of benzene rings is 1. The molecular weight excluding hydrogens is 372 g/mol. The summed E-state index contributed by atoms with van der Waals surface area (Å²) in [6.45, 7) is 4.91. The minimum Gasteiger partial charge on any atom is -0.349 e. The lowest BCUT2D eigenvalue weighted by molar-refractivity contribution is -0.0688. The predicted molar refractivity (Wildman–Crippen MR) is 119 cm³/mol. The average molecular weight is 405 g/mol. The van der Waals surface area contributed by atoms with Crippen molar-refractivity contribution in [1.29, 1.82) is 0 Å². The first-order valence-electron chi connectivity index (χ1n) is 11.6. The van der Waals surface area contributed by atoms with Crippen LogP contribution in [0.15, 0.2) is 47.4 Å². The number of carbonyl (C=O) groups excluding carboxylic acids is 1. The fraction of sp³-hybridized carbons (Fsp3) is 0.538. The van der Waals surface area contributed by atoms with Crippen LogP contribution in [0, 0.1) is 23.2 Å². The van der Waals surface area contributed by atoms with Gasteiger partial charge in [0.05, 0.1) is 5.69 Å². The second-order valence-electron chi connectivity index (χ2n) is 10.1. The van der Waals surface area contributed by atoms with Gasteiger partial charge in [-0.05, 0) is 81.1 Å². The van der Waals surface area contributed by atoms with Gasteiger partial charge in [-0.2, -0.15) is 0 Å². The third-order valence-electron chi connectivity index (χ3n) is 8.13. The van der Waals surface area contributed by atoms with Gasteiger partial charge in [-0.15, -0.1) is 0 Å². The summed E-state index contributed by atoms with van der Waals surface area (Å²) in [7, 11) is 0. The Kier molecular flexibility index (Phi) is 4.83. The maximum Gasteiger partial charge on any atom is 0.256 e. The number of amides is 1. The van der Waals surface area contributed by atoms with Gasteiger partial charge in [0.1, 0.15) is 5.56 Å². The smallest absolute Gasteiger partial charge is 0.256 e. The zero-order valence-corrected chi connectivity index (χ0v) is 18.1. The number of rotatable bonds is 5. The van der Waals surface area contributed by atoms with E-state index in [1.165, 1.54) is 38.5 Å². The normalized spacial score (nSPS) is 30.3. The monoisotopic (exact) mass is 404 g/mol. The number of nitrogens with one attached hydrogen (secondary N) is 1. The van der Waals surface area contributed by atoms with Crippen molar-refractivity contribution < 1.29 is 4.79 Å². The van der Waals surface area contributed by atoms with Crippen molar-refractivity contribution in [1.82, 2.24) is 9.88 Å². The number of carbonyl (C=O) groups is 1. The molecule has 0 saturated heterocycles. The van der Waals surface area contributed by atoms with Crippen molar-refractivity contribution in [2.45, 2.75) is 65.0 Å². The van der Waals surface area contributed by atoms with Crippen molar-refractivity contribution in [2.24, 2.45) is 23.2 Å². The zero-order chi connectivity index (χ0) is 20.9. The molecule has 4 aliphatic rings. The van der Waals surface area contributed by atoms with E-state index >= 15 is 0 Å². The van der Waals surface area contributed by atoms with E-state index in [1.54, 1.807) is 12.3 Å². The molecular formula is C26H32N2O2. The molecule has 4 saturated carbocycles. The lowest BCUT2D eigenvalue weighted by Gasteiger charge is -2.59. The molecule has 2 aromatic rings. The molecule has 4 heteroatoms. The predicted octanol–water partition coefficient (Wildman–Crippen LogP) is 4.87. The summed E-state index contributed by atoms with van der Waals surface area (Å²) in [5.41, 5.74) is 2.14. The molecule has 1 heterocycles. The standard InChI is InChI=1S/C26H32N2O2/c1-3-28-16-22(24(29)12-23(28)21-7-5-4-6-8-21)25(30)27-17(2)26-13-18-9-19(14-26)11-20(10-18)15-26/h4-8,12,16-20H,3,9-11,13-15H2,1-2H3,(H,27,30)/t17-,18?,19?,20?,26?/m1/s1. The van der Waals surface area contributed by atoms with E-state index < -0.39 is 0 Å². The summed E-state index contributed by atoms with van der Waals surface area (Å²) in [6, 6.07) is 11.6. The Labute approximate surface area is 178 Å². The molecule has 4 nitrogen and oxygen atoms in total. The second-order valence-corrected chi connectivity index (χ2v) is 10.1. The lowest BCUT2D eigenvalue weighted by atomic mass is 9.48. The molecule has 1 N–H and O–H groups in total. The minimum absolute atomic E-state index is 0.113. The Morgan fingerprint density at radius 1 is 1.10 bits per heavy atom. The van der Waals surface area contributed by atoms with E-state index in [2.05, 4.69) is 12.2 Å². The summed E-state index contributed by atoms with van der Waals surface area (Å²) in [5, 5.41) is 3.25. The number of aromatic nitrogens is 1. The Morgan fingerprint density at radius 2 is 1.70 bits per heavy atom. The summed E-state index contributed by atoms with van der Waals surface area (Å²) in [5.74, 6) is 2.32. The van der Waals surface area contributed by atoms with Crippen molar-refractivity contribution in [3.8, 4) is 11.3 Å². The van der Waals surface area contributed by atoms with Gasteiger partial charge in [-0.3, -0.25) is 9.59 Å². The van der Waals surface area contributed by atoms with Gasteiger partial charge in [0.25, 0.3) is 5.91 Å². The highest BCUT2D eigenvalue weighted by molar-refractivity contribution is 5.94. The first-order chi connectivity index (χ1) is 14.5. The van der Waals surface area contributed by atoms with Gasteiger partial charge in [-0.1, -0.05) is 30.3 Å². The quantitative estimate of drug-likeness (QED) is 0.773. The highest BCUT2D eigenvalue weighted by atomic mass is 16.2. The van der Waals surface area contributed by atoms with E-state index in [1.807, 2.05) is 41.8 Å². The molecule has 0 aliphatic heterocycles. The van der Waals surface area contributed by atoms with Crippen molar-refractivity contribution in [3.63, 3.8) is 0 Å². The SMILES string of the molecule is CCn1cc(C(=O)N[C@H](C)C23CC4CC(CC(C4)C2)C3)c(=O)cc1-c1ccccc1. The summed E-state index contributed by atoms with van der Waals surface area (Å²) >= 11 is 0. The van der Waals surface area contributed by atoms with E-state index in [4.69, 9.17) is 0 Å². The topological polar surface area (TPSA) is 51.1 Å². The van der Waals surface area contributed by atoms with Crippen LogP contribution in [0.1, 0.15) is 62.7 Å². The maximum absolute atomic E-state index is 13.2. The van der Waals surface area contributed by atoms with E-state index in [-0.39, 0.29) is 28.4 Å². The Balaban J connectivity index is 1.39. The van der Waals surface area contributed by atoms with E-state index in [0.717, 1.165) is 29.0 Å². The van der Waals surface area contributed by atoms with E-state index in [9.17, 15) is 9.59 Å². The number of hydrogen-bond donors (Lipinski definition) is 1. The summed E-state index contributed by atoms with van der Waals surface area (Å²) in [6.07, 6.45) is 9.64. The summed E-state index contributed by atoms with van der Waals surface area (Å²) < 4.78 is 2.00.